The molecule has 2 aromatic rings. The average Bonchev–Trinajstić information content (AvgIpc) is 3.47. The lowest BCUT2D eigenvalue weighted by Crippen LogP contribution is -2.41. The number of hydrogen-bond donors (Lipinski definition) is 4. The van der Waals surface area contributed by atoms with Crippen molar-refractivity contribution < 1.29 is 32.2 Å². The minimum Gasteiger partial charge on any atom is -0.489 e. The Morgan fingerprint density at radius 2 is 1.93 bits per heavy atom. The number of hydrogen-bond acceptors (Lipinski definition) is 8. The van der Waals surface area contributed by atoms with Gasteiger partial charge in [0.25, 0.3) is 5.91 Å². The maximum Gasteiger partial charge on any atom is 0.320 e. The predicted octanol–water partition coefficient (Wildman–Crippen LogP) is 2.34. The van der Waals surface area contributed by atoms with E-state index >= 15 is 4.39 Å². The van der Waals surface area contributed by atoms with Crippen molar-refractivity contribution >= 4 is 45.3 Å². The number of amidine groups is 2. The molecule has 4 rings (SSSR count). The van der Waals surface area contributed by atoms with E-state index in [9.17, 15) is 23.1 Å². The molecule has 14 heteroatoms. The van der Waals surface area contributed by atoms with Gasteiger partial charge in [-0.2, -0.15) is 0 Å². The molecule has 0 saturated carbocycles. The fraction of sp³-hybridized carbons (Fsp3) is 0.357. The maximum atomic E-state index is 15.2. The first-order valence-corrected chi connectivity index (χ1v) is 15.0. The summed E-state index contributed by atoms with van der Waals surface area (Å²) < 4.78 is 48.0. The first kappa shape index (κ1) is 30.5. The number of carbonyl (C=O) groups excluding carboxylic acids is 1. The van der Waals surface area contributed by atoms with E-state index in [4.69, 9.17) is 21.6 Å². The van der Waals surface area contributed by atoms with Crippen molar-refractivity contribution in [3.8, 4) is 5.75 Å². The lowest BCUT2D eigenvalue weighted by molar-refractivity contribution is -0.134. The minimum atomic E-state index is -4.59. The smallest absolute Gasteiger partial charge is 0.320 e. The van der Waals surface area contributed by atoms with E-state index < -0.39 is 40.0 Å². The highest BCUT2D eigenvalue weighted by atomic mass is 32.2. The summed E-state index contributed by atoms with van der Waals surface area (Å²) in [6.07, 6.45) is 4.20. The Morgan fingerprint density at radius 3 is 2.55 bits per heavy atom. The lowest BCUT2D eigenvalue weighted by atomic mass is 10.1. The SMILES string of the molecule is N=C(N)c1cccc(/C=C(/F)CN(c2ccc(OC3CCN(C4=NCCC4)CC3)c(C(N)=O)c2)S(=O)(=O)CC(=O)O)c1. The molecule has 12 nitrogen and oxygen atoms in total. The molecule has 0 atom stereocenters. The number of nitrogens with zero attached hydrogens (tertiary/aromatic N) is 3. The highest BCUT2D eigenvalue weighted by Crippen LogP contribution is 2.30. The molecule has 2 aliphatic rings. The van der Waals surface area contributed by atoms with E-state index in [0.29, 0.717) is 28.3 Å². The normalized spacial score (nSPS) is 16.2. The van der Waals surface area contributed by atoms with E-state index in [0.717, 1.165) is 50.5 Å². The highest BCUT2D eigenvalue weighted by molar-refractivity contribution is 7.93. The van der Waals surface area contributed by atoms with Crippen LogP contribution in [-0.2, 0) is 14.8 Å². The van der Waals surface area contributed by atoms with Crippen LogP contribution in [0.1, 0.15) is 47.2 Å². The monoisotopic (exact) mass is 600 g/mol. The van der Waals surface area contributed by atoms with Gasteiger partial charge in [0.15, 0.2) is 5.75 Å². The van der Waals surface area contributed by atoms with Gasteiger partial charge in [-0.3, -0.25) is 24.3 Å². The molecule has 2 heterocycles. The summed E-state index contributed by atoms with van der Waals surface area (Å²) in [6, 6.07) is 9.94. The maximum absolute atomic E-state index is 15.2. The van der Waals surface area contributed by atoms with Crippen LogP contribution in [-0.4, -0.2) is 80.0 Å². The van der Waals surface area contributed by atoms with Crippen LogP contribution in [0.5, 0.6) is 5.75 Å². The van der Waals surface area contributed by atoms with Gasteiger partial charge in [-0.05, 0) is 42.3 Å². The molecule has 6 N–H and O–H groups in total. The van der Waals surface area contributed by atoms with Gasteiger partial charge in [0.05, 0.1) is 23.6 Å². The van der Waals surface area contributed by atoms with Crippen molar-refractivity contribution in [1.29, 1.82) is 5.41 Å². The topological polar surface area (TPSA) is 192 Å². The van der Waals surface area contributed by atoms with E-state index in [2.05, 4.69) is 9.89 Å². The zero-order valence-electron chi connectivity index (χ0n) is 22.8. The number of amides is 1. The second kappa shape index (κ2) is 13.0. The summed E-state index contributed by atoms with van der Waals surface area (Å²) in [5, 5.41) is 16.8. The van der Waals surface area contributed by atoms with Crippen molar-refractivity contribution in [2.24, 2.45) is 16.5 Å². The van der Waals surface area contributed by atoms with Gasteiger partial charge < -0.3 is 26.2 Å². The molecule has 224 valence electrons. The van der Waals surface area contributed by atoms with E-state index in [1.54, 1.807) is 12.1 Å². The van der Waals surface area contributed by atoms with Crippen LogP contribution in [0.2, 0.25) is 0 Å². The molecule has 2 aromatic carbocycles. The van der Waals surface area contributed by atoms with E-state index in [-0.39, 0.29) is 28.9 Å². The molecule has 1 saturated heterocycles. The quantitative estimate of drug-likeness (QED) is 0.223. The van der Waals surface area contributed by atoms with Crippen LogP contribution in [0, 0.1) is 5.41 Å². The van der Waals surface area contributed by atoms with Crippen LogP contribution < -0.4 is 20.5 Å². The van der Waals surface area contributed by atoms with Crippen molar-refractivity contribution in [1.82, 2.24) is 4.90 Å². The number of anilines is 1. The van der Waals surface area contributed by atoms with Crippen molar-refractivity contribution in [2.75, 3.05) is 36.2 Å². The average molecular weight is 601 g/mol. The number of carboxylic acids is 1. The molecule has 42 heavy (non-hydrogen) atoms. The van der Waals surface area contributed by atoms with Gasteiger partial charge in [-0.25, -0.2) is 12.8 Å². The number of nitrogen functional groups attached to an aromatic ring is 1. The Kier molecular flexibility index (Phi) is 9.45. The molecule has 0 aliphatic carbocycles. The lowest BCUT2D eigenvalue weighted by Gasteiger charge is -2.34. The van der Waals surface area contributed by atoms with Crippen LogP contribution in [0.4, 0.5) is 10.1 Å². The fourth-order valence-electron chi connectivity index (χ4n) is 4.91. The summed E-state index contributed by atoms with van der Waals surface area (Å²) in [6.45, 7) is 1.47. The number of benzene rings is 2. The van der Waals surface area contributed by atoms with Crippen LogP contribution in [0.3, 0.4) is 0 Å². The number of piperidine rings is 1. The molecule has 1 fully saturated rings. The van der Waals surface area contributed by atoms with E-state index in [1.807, 2.05) is 0 Å². The number of rotatable bonds is 11. The molecule has 0 aromatic heterocycles. The highest BCUT2D eigenvalue weighted by Gasteiger charge is 2.29. The molecular weight excluding hydrogens is 567 g/mol. The van der Waals surface area contributed by atoms with Crippen molar-refractivity contribution in [2.45, 2.75) is 31.8 Å². The molecule has 0 radical (unpaired) electrons. The molecule has 0 bridgehead atoms. The zero-order valence-corrected chi connectivity index (χ0v) is 23.6. The fourth-order valence-corrected chi connectivity index (χ4v) is 6.13. The number of ether oxygens (including phenoxy) is 1. The number of likely N-dealkylation sites (tertiary alicyclic amines) is 1. The number of carboxylic acid groups (broad SMARTS) is 1. The summed E-state index contributed by atoms with van der Waals surface area (Å²) in [5.74, 6) is -3.74. The molecule has 2 aliphatic heterocycles. The number of sulfonamides is 1. The van der Waals surface area contributed by atoms with E-state index in [1.165, 1.54) is 24.3 Å². The first-order chi connectivity index (χ1) is 19.9. The minimum absolute atomic E-state index is 0.121. The summed E-state index contributed by atoms with van der Waals surface area (Å²) in [4.78, 5) is 30.5. The Morgan fingerprint density at radius 1 is 1.19 bits per heavy atom. The molecular formula is C28H33FN6O6S. The second-order valence-corrected chi connectivity index (χ2v) is 11.9. The summed E-state index contributed by atoms with van der Waals surface area (Å²) >= 11 is 0. The Labute approximate surface area is 243 Å². The Balaban J connectivity index is 1.59. The van der Waals surface area contributed by atoms with Gasteiger partial charge in [-0.15, -0.1) is 0 Å². The van der Waals surface area contributed by atoms with Gasteiger partial charge >= 0.3 is 5.97 Å². The number of halogens is 1. The number of nitrogens with two attached hydrogens (primary N) is 2. The van der Waals surface area contributed by atoms with Gasteiger partial charge in [0.2, 0.25) is 10.0 Å². The number of aliphatic imine (C=N–C) groups is 1. The molecule has 1 amide bonds. The first-order valence-electron chi connectivity index (χ1n) is 13.3. The number of carbonyl (C=O) groups is 2. The van der Waals surface area contributed by atoms with Crippen molar-refractivity contribution in [3.05, 3.63) is 65.0 Å². The summed E-state index contributed by atoms with van der Waals surface area (Å²) in [7, 11) is -4.59. The molecule has 0 spiro atoms. The van der Waals surface area contributed by atoms with Crippen LogP contribution >= 0.6 is 0 Å². The third kappa shape index (κ3) is 7.63. The predicted molar refractivity (Wildman–Crippen MR) is 157 cm³/mol. The van der Waals surface area contributed by atoms with Gasteiger partial charge in [0.1, 0.15) is 23.5 Å². The van der Waals surface area contributed by atoms with Crippen LogP contribution in [0.25, 0.3) is 6.08 Å². The zero-order chi connectivity index (χ0) is 30.4. The molecule has 0 unspecified atom stereocenters. The third-order valence-corrected chi connectivity index (χ3v) is 8.55. The van der Waals surface area contributed by atoms with Gasteiger partial charge in [-0.1, -0.05) is 18.2 Å². The Hall–Kier alpha value is -4.46. The number of primary amides is 1. The second-order valence-electron chi connectivity index (χ2n) is 10.0. The summed E-state index contributed by atoms with van der Waals surface area (Å²) in [5.41, 5.74) is 11.5. The van der Waals surface area contributed by atoms with Gasteiger partial charge in [0, 0.05) is 44.5 Å². The number of nitrogens with one attached hydrogen (secondary N) is 1. The van der Waals surface area contributed by atoms with Crippen molar-refractivity contribution in [3.63, 3.8) is 0 Å². The number of aliphatic carboxylic acids is 1. The Bertz CT molecular complexity index is 1540. The van der Waals surface area contributed by atoms with Crippen LogP contribution in [0.15, 0.2) is 53.3 Å². The third-order valence-electron chi connectivity index (χ3n) is 6.93. The standard InChI is InChI=1S/C28H33FN6O6S/c29-20(14-18-3-1-4-19(13-18)27(30)31)16-35(42(39,40)17-26(36)37)21-6-7-24(23(15-21)28(32)38)41-22-8-11-34(12-9-22)25-5-2-10-33-25/h1,3-4,6-7,13-15,22H,2,5,8-12,16-17H2,(H3,30,31)(H2,32,38)(H,36,37)/b20-14+. The largest absolute Gasteiger partial charge is 0.489 e.